The average Bonchev–Trinajstić information content (AvgIpc) is 3.31. The van der Waals surface area contributed by atoms with Crippen LogP contribution in [0.1, 0.15) is 57.1 Å². The summed E-state index contributed by atoms with van der Waals surface area (Å²) in [6.07, 6.45) is 0.719. The molecule has 1 unspecified atom stereocenters. The number of hydrogen-bond donors (Lipinski definition) is 1. The fraction of sp³-hybridized carbons (Fsp3) is 0.385. The zero-order valence-corrected chi connectivity index (χ0v) is 20.7. The monoisotopic (exact) mass is 478 g/mol. The molecule has 0 aliphatic rings. The molecular weight excluding hydrogens is 447 g/mol. The fourth-order valence-corrected chi connectivity index (χ4v) is 4.28. The van der Waals surface area contributed by atoms with Crippen molar-refractivity contribution in [3.05, 3.63) is 81.7 Å². The van der Waals surface area contributed by atoms with Crippen molar-refractivity contribution in [2.45, 2.75) is 58.8 Å². The van der Waals surface area contributed by atoms with Crippen LogP contribution in [0.2, 0.25) is 0 Å². The number of methoxy groups -OCH3 is 1. The SMILES string of the molecule is CCC(c1nnnn1C(C)(C)C)N(Cc1ccc(F)cc1)Cc1cc2cc(OC)ccc2[nH]c1=O. The normalized spacial score (nSPS) is 12.9. The summed E-state index contributed by atoms with van der Waals surface area (Å²) in [5.74, 6) is 1.15. The van der Waals surface area contributed by atoms with E-state index in [4.69, 9.17) is 4.74 Å². The summed E-state index contributed by atoms with van der Waals surface area (Å²) >= 11 is 0. The van der Waals surface area contributed by atoms with Crippen molar-refractivity contribution >= 4 is 10.9 Å². The van der Waals surface area contributed by atoms with Gasteiger partial charge in [0.1, 0.15) is 11.6 Å². The van der Waals surface area contributed by atoms with Crippen LogP contribution in [0.5, 0.6) is 5.75 Å². The van der Waals surface area contributed by atoms with Crippen LogP contribution in [0, 0.1) is 5.82 Å². The van der Waals surface area contributed by atoms with Crippen molar-refractivity contribution in [2.24, 2.45) is 0 Å². The number of benzene rings is 2. The van der Waals surface area contributed by atoms with Gasteiger partial charge in [0, 0.05) is 29.6 Å². The number of hydrogen-bond acceptors (Lipinski definition) is 6. The minimum atomic E-state index is -0.315. The number of ether oxygens (including phenoxy) is 1. The molecule has 184 valence electrons. The summed E-state index contributed by atoms with van der Waals surface area (Å²) in [6.45, 7) is 9.06. The molecule has 0 aliphatic heterocycles. The highest BCUT2D eigenvalue weighted by Crippen LogP contribution is 2.29. The van der Waals surface area contributed by atoms with Crippen LogP contribution < -0.4 is 10.3 Å². The van der Waals surface area contributed by atoms with Crippen molar-refractivity contribution in [3.8, 4) is 5.75 Å². The second kappa shape index (κ2) is 9.95. The van der Waals surface area contributed by atoms with Crippen LogP contribution in [-0.2, 0) is 18.6 Å². The molecule has 0 aliphatic carbocycles. The lowest BCUT2D eigenvalue weighted by Gasteiger charge is -2.32. The maximum atomic E-state index is 13.6. The second-order valence-electron chi connectivity index (χ2n) is 9.65. The minimum Gasteiger partial charge on any atom is -0.497 e. The third kappa shape index (κ3) is 5.40. The molecule has 1 atom stereocenters. The van der Waals surface area contributed by atoms with Crippen molar-refractivity contribution in [2.75, 3.05) is 7.11 Å². The molecule has 2 aromatic heterocycles. The van der Waals surface area contributed by atoms with Crippen LogP contribution in [0.4, 0.5) is 4.39 Å². The second-order valence-corrected chi connectivity index (χ2v) is 9.65. The number of pyridine rings is 1. The Morgan fingerprint density at radius 2 is 1.86 bits per heavy atom. The van der Waals surface area contributed by atoms with Gasteiger partial charge in [-0.25, -0.2) is 9.07 Å². The van der Waals surface area contributed by atoms with Gasteiger partial charge >= 0.3 is 0 Å². The number of halogens is 1. The first-order chi connectivity index (χ1) is 16.7. The van der Waals surface area contributed by atoms with Crippen LogP contribution in [-0.4, -0.2) is 37.2 Å². The first-order valence-electron chi connectivity index (χ1n) is 11.7. The lowest BCUT2D eigenvalue weighted by atomic mass is 10.0. The summed E-state index contributed by atoms with van der Waals surface area (Å²) < 4.78 is 20.7. The van der Waals surface area contributed by atoms with Gasteiger partial charge in [-0.3, -0.25) is 9.69 Å². The van der Waals surface area contributed by atoms with E-state index in [0.29, 0.717) is 18.7 Å². The number of fused-ring (bicyclic) bond motifs is 1. The first-order valence-corrected chi connectivity index (χ1v) is 11.7. The average molecular weight is 479 g/mol. The number of nitrogens with one attached hydrogen (secondary N) is 1. The van der Waals surface area contributed by atoms with E-state index in [1.807, 2.05) is 49.7 Å². The highest BCUT2D eigenvalue weighted by Gasteiger charge is 2.29. The quantitative estimate of drug-likeness (QED) is 0.399. The summed E-state index contributed by atoms with van der Waals surface area (Å²) in [5, 5.41) is 13.4. The zero-order chi connectivity index (χ0) is 25.2. The Bertz CT molecular complexity index is 1360. The van der Waals surface area contributed by atoms with Crippen molar-refractivity contribution in [3.63, 3.8) is 0 Å². The number of H-pyrrole nitrogens is 1. The highest BCUT2D eigenvalue weighted by molar-refractivity contribution is 5.80. The van der Waals surface area contributed by atoms with E-state index in [1.165, 1.54) is 12.1 Å². The van der Waals surface area contributed by atoms with Gasteiger partial charge in [-0.05, 0) is 79.6 Å². The van der Waals surface area contributed by atoms with E-state index >= 15 is 0 Å². The van der Waals surface area contributed by atoms with Gasteiger partial charge in [0.2, 0.25) is 0 Å². The number of aromatic amines is 1. The minimum absolute atomic E-state index is 0.156. The van der Waals surface area contributed by atoms with E-state index in [0.717, 1.165) is 34.5 Å². The van der Waals surface area contributed by atoms with Crippen LogP contribution >= 0.6 is 0 Å². The first kappa shape index (κ1) is 24.5. The summed E-state index contributed by atoms with van der Waals surface area (Å²) in [5.41, 5.74) is 1.81. The Kier molecular flexibility index (Phi) is 6.98. The molecule has 4 rings (SSSR count). The Morgan fingerprint density at radius 3 is 2.51 bits per heavy atom. The summed E-state index contributed by atoms with van der Waals surface area (Å²) in [7, 11) is 1.61. The smallest absolute Gasteiger partial charge is 0.252 e. The summed E-state index contributed by atoms with van der Waals surface area (Å²) in [4.78, 5) is 18.2. The topological polar surface area (TPSA) is 88.9 Å². The Morgan fingerprint density at radius 1 is 1.11 bits per heavy atom. The number of aromatic nitrogens is 5. The maximum absolute atomic E-state index is 13.6. The molecule has 35 heavy (non-hydrogen) atoms. The Hall–Kier alpha value is -3.59. The number of rotatable bonds is 8. The molecule has 2 aromatic carbocycles. The molecule has 0 spiro atoms. The molecule has 0 radical (unpaired) electrons. The van der Waals surface area contributed by atoms with Gasteiger partial charge in [-0.15, -0.1) is 5.10 Å². The molecule has 9 heteroatoms. The van der Waals surface area contributed by atoms with Crippen molar-refractivity contribution in [1.82, 2.24) is 30.1 Å². The van der Waals surface area contributed by atoms with Crippen molar-refractivity contribution < 1.29 is 9.13 Å². The van der Waals surface area contributed by atoms with E-state index in [1.54, 1.807) is 19.2 Å². The molecular formula is C26H31FN6O2. The van der Waals surface area contributed by atoms with E-state index in [-0.39, 0.29) is 23.0 Å². The molecule has 0 saturated heterocycles. The molecule has 0 amide bonds. The standard InChI is InChI=1S/C26H31FN6O2/c1-6-23(24-29-30-31-33(24)26(2,3)4)32(15-17-7-9-20(27)10-8-17)16-19-13-18-14-21(35-5)11-12-22(18)28-25(19)34/h7-14,23H,6,15-16H2,1-5H3,(H,28,34). The van der Waals surface area contributed by atoms with E-state index in [9.17, 15) is 9.18 Å². The largest absolute Gasteiger partial charge is 0.497 e. The van der Waals surface area contributed by atoms with Crippen LogP contribution in [0.15, 0.2) is 53.3 Å². The van der Waals surface area contributed by atoms with Crippen molar-refractivity contribution in [1.29, 1.82) is 0 Å². The molecule has 0 bridgehead atoms. The van der Waals surface area contributed by atoms with E-state index in [2.05, 4.69) is 32.3 Å². The highest BCUT2D eigenvalue weighted by atomic mass is 19.1. The predicted octanol–water partition coefficient (Wildman–Crippen LogP) is 4.57. The van der Waals surface area contributed by atoms with Gasteiger partial charge in [0.15, 0.2) is 5.82 Å². The van der Waals surface area contributed by atoms with Gasteiger partial charge < -0.3 is 9.72 Å². The van der Waals surface area contributed by atoms with Gasteiger partial charge in [0.25, 0.3) is 5.56 Å². The van der Waals surface area contributed by atoms with Gasteiger partial charge in [-0.2, -0.15) is 0 Å². The summed E-state index contributed by atoms with van der Waals surface area (Å²) in [6, 6.07) is 13.7. The Balaban J connectivity index is 1.77. The third-order valence-corrected chi connectivity index (χ3v) is 6.06. The Labute approximate surface area is 203 Å². The molecule has 8 nitrogen and oxygen atoms in total. The molecule has 1 N–H and O–H groups in total. The van der Waals surface area contributed by atoms with Gasteiger partial charge in [-0.1, -0.05) is 19.1 Å². The molecule has 2 heterocycles. The van der Waals surface area contributed by atoms with Crippen LogP contribution in [0.25, 0.3) is 10.9 Å². The maximum Gasteiger partial charge on any atom is 0.252 e. The molecule has 4 aromatic rings. The lowest BCUT2D eigenvalue weighted by Crippen LogP contribution is -2.35. The fourth-order valence-electron chi connectivity index (χ4n) is 4.28. The predicted molar refractivity (Wildman–Crippen MR) is 133 cm³/mol. The number of tetrazole rings is 1. The van der Waals surface area contributed by atoms with Crippen LogP contribution in [0.3, 0.4) is 0 Å². The lowest BCUT2D eigenvalue weighted by molar-refractivity contribution is 0.153. The third-order valence-electron chi connectivity index (χ3n) is 6.06. The van der Waals surface area contributed by atoms with E-state index < -0.39 is 0 Å². The number of nitrogens with zero attached hydrogens (tertiary/aromatic N) is 5. The van der Waals surface area contributed by atoms with Gasteiger partial charge in [0.05, 0.1) is 18.7 Å². The molecule has 0 fully saturated rings. The molecule has 0 saturated carbocycles. The zero-order valence-electron chi connectivity index (χ0n) is 20.7.